The second-order valence-corrected chi connectivity index (χ2v) is 6.56. The minimum atomic E-state index is -0.299. The first-order valence-corrected chi connectivity index (χ1v) is 9.00. The second-order valence-electron chi connectivity index (χ2n) is 5.70. The largest absolute Gasteiger partial charge is 0.462 e. The summed E-state index contributed by atoms with van der Waals surface area (Å²) < 4.78 is 5.01. The number of ether oxygens (including phenoxy) is 1. The van der Waals surface area contributed by atoms with Crippen LogP contribution in [0, 0.1) is 6.92 Å². The van der Waals surface area contributed by atoms with E-state index in [9.17, 15) is 4.79 Å². The van der Waals surface area contributed by atoms with Gasteiger partial charge in [0.1, 0.15) is 10.8 Å². The van der Waals surface area contributed by atoms with Gasteiger partial charge in [-0.25, -0.2) is 9.78 Å². The Morgan fingerprint density at radius 1 is 1.12 bits per heavy atom. The van der Waals surface area contributed by atoms with Crippen molar-refractivity contribution in [3.05, 3.63) is 65.0 Å². The number of carbonyl (C=O) groups excluding carboxylic acids is 1. The number of anilines is 2. The lowest BCUT2D eigenvalue weighted by Gasteiger charge is -2.16. The molecule has 0 aliphatic heterocycles. The van der Waals surface area contributed by atoms with Gasteiger partial charge in [0.05, 0.1) is 12.2 Å². The van der Waals surface area contributed by atoms with Crippen molar-refractivity contribution in [1.82, 2.24) is 4.98 Å². The number of hydrogen-bond acceptors (Lipinski definition) is 5. The van der Waals surface area contributed by atoms with E-state index in [2.05, 4.69) is 31.2 Å². The zero-order valence-corrected chi connectivity index (χ0v) is 15.3. The van der Waals surface area contributed by atoms with Gasteiger partial charge in [-0.2, -0.15) is 0 Å². The van der Waals surface area contributed by atoms with Gasteiger partial charge >= 0.3 is 5.97 Å². The highest BCUT2D eigenvalue weighted by Gasteiger charge is 2.12. The smallest absolute Gasteiger partial charge is 0.338 e. The third-order valence-electron chi connectivity index (χ3n) is 3.90. The summed E-state index contributed by atoms with van der Waals surface area (Å²) in [5.41, 5.74) is 3.87. The van der Waals surface area contributed by atoms with E-state index in [-0.39, 0.29) is 5.97 Å². The fraction of sp³-hybridized carbons (Fsp3) is 0.200. The summed E-state index contributed by atoms with van der Waals surface area (Å²) in [6, 6.07) is 15.7. The van der Waals surface area contributed by atoms with Crippen LogP contribution < -0.4 is 4.90 Å². The fourth-order valence-corrected chi connectivity index (χ4v) is 3.26. The lowest BCUT2D eigenvalue weighted by atomic mass is 10.2. The van der Waals surface area contributed by atoms with Gasteiger partial charge in [-0.1, -0.05) is 29.8 Å². The Bertz CT molecular complexity index is 854. The minimum Gasteiger partial charge on any atom is -0.462 e. The van der Waals surface area contributed by atoms with E-state index < -0.39 is 0 Å². The molecule has 0 saturated heterocycles. The third kappa shape index (κ3) is 3.88. The Kier molecular flexibility index (Phi) is 5.14. The molecule has 0 bridgehead atoms. The zero-order valence-electron chi connectivity index (χ0n) is 14.5. The number of carbonyl (C=O) groups is 1. The summed E-state index contributed by atoms with van der Waals surface area (Å²) in [5.74, 6) is 0.580. The average Bonchev–Trinajstić information content (AvgIpc) is 3.12. The third-order valence-corrected chi connectivity index (χ3v) is 4.78. The summed E-state index contributed by atoms with van der Waals surface area (Å²) in [7, 11) is 1.97. The molecule has 0 N–H and O–H groups in total. The topological polar surface area (TPSA) is 42.4 Å². The molecular weight excluding hydrogens is 332 g/mol. The van der Waals surface area contributed by atoms with E-state index in [0.717, 1.165) is 22.1 Å². The van der Waals surface area contributed by atoms with Crippen molar-refractivity contribution < 1.29 is 9.53 Å². The van der Waals surface area contributed by atoms with E-state index in [1.807, 2.05) is 29.5 Å². The summed E-state index contributed by atoms with van der Waals surface area (Å²) >= 11 is 1.62. The zero-order chi connectivity index (χ0) is 17.8. The maximum absolute atomic E-state index is 11.7. The van der Waals surface area contributed by atoms with Crippen LogP contribution in [0.15, 0.2) is 53.9 Å². The molecule has 128 valence electrons. The molecule has 1 aromatic heterocycles. The lowest BCUT2D eigenvalue weighted by Crippen LogP contribution is -2.10. The molecule has 2 aromatic carbocycles. The van der Waals surface area contributed by atoms with Crippen molar-refractivity contribution in [1.29, 1.82) is 0 Å². The average molecular weight is 352 g/mol. The second kappa shape index (κ2) is 7.49. The van der Waals surface area contributed by atoms with Gasteiger partial charge < -0.3 is 9.64 Å². The van der Waals surface area contributed by atoms with Crippen molar-refractivity contribution in [3.63, 3.8) is 0 Å². The SMILES string of the molecule is CCOC(=O)c1ccc(N(C)c2csc(-c3ccc(C)cc3)n2)cc1. The van der Waals surface area contributed by atoms with Crippen LogP contribution in [0.25, 0.3) is 10.6 Å². The standard InChI is InChI=1S/C20H20N2O2S/c1-4-24-20(23)16-9-11-17(12-10-16)22(3)18-13-25-19(21-18)15-7-5-14(2)6-8-15/h5-13H,4H2,1-3H3. The van der Waals surface area contributed by atoms with E-state index in [0.29, 0.717) is 12.2 Å². The summed E-state index contributed by atoms with van der Waals surface area (Å²) in [6.07, 6.45) is 0. The first-order valence-electron chi connectivity index (χ1n) is 8.12. The molecule has 0 unspecified atom stereocenters. The van der Waals surface area contributed by atoms with Gasteiger partial charge in [0, 0.05) is 23.7 Å². The summed E-state index contributed by atoms with van der Waals surface area (Å²) in [5, 5.41) is 3.03. The first-order chi connectivity index (χ1) is 12.1. The highest BCUT2D eigenvalue weighted by molar-refractivity contribution is 7.13. The normalized spacial score (nSPS) is 10.5. The summed E-state index contributed by atoms with van der Waals surface area (Å²) in [4.78, 5) is 18.5. The highest BCUT2D eigenvalue weighted by atomic mass is 32.1. The van der Waals surface area contributed by atoms with Crippen LogP contribution >= 0.6 is 11.3 Å². The Morgan fingerprint density at radius 2 is 1.80 bits per heavy atom. The molecule has 3 rings (SSSR count). The summed E-state index contributed by atoms with van der Waals surface area (Å²) in [6.45, 7) is 4.25. The fourth-order valence-electron chi connectivity index (χ4n) is 2.42. The van der Waals surface area contributed by atoms with Gasteiger partial charge in [0.25, 0.3) is 0 Å². The number of hydrogen-bond donors (Lipinski definition) is 0. The van der Waals surface area contributed by atoms with E-state index in [4.69, 9.17) is 9.72 Å². The molecule has 0 aliphatic rings. The predicted octanol–water partition coefficient (Wildman–Crippen LogP) is 5.06. The molecule has 4 nitrogen and oxygen atoms in total. The molecule has 0 amide bonds. The number of nitrogens with zero attached hydrogens (tertiary/aromatic N) is 2. The minimum absolute atomic E-state index is 0.299. The maximum Gasteiger partial charge on any atom is 0.338 e. The lowest BCUT2D eigenvalue weighted by molar-refractivity contribution is 0.0526. The molecule has 3 aromatic rings. The number of rotatable bonds is 5. The molecule has 1 heterocycles. The molecule has 5 heteroatoms. The van der Waals surface area contributed by atoms with Crippen molar-refractivity contribution in [2.75, 3.05) is 18.6 Å². The van der Waals surface area contributed by atoms with Gasteiger partial charge in [-0.15, -0.1) is 11.3 Å². The molecular formula is C20H20N2O2S. The van der Waals surface area contributed by atoms with E-state index in [1.54, 1.807) is 30.4 Å². The monoisotopic (exact) mass is 352 g/mol. The van der Waals surface area contributed by atoms with Crippen LogP contribution in [-0.4, -0.2) is 24.6 Å². The number of aromatic nitrogens is 1. The molecule has 0 fully saturated rings. The van der Waals surface area contributed by atoms with Gasteiger partial charge in [0.15, 0.2) is 0 Å². The Balaban J connectivity index is 1.78. The van der Waals surface area contributed by atoms with Crippen molar-refractivity contribution in [2.24, 2.45) is 0 Å². The number of thiazole rings is 1. The molecule has 25 heavy (non-hydrogen) atoms. The van der Waals surface area contributed by atoms with Crippen LogP contribution in [0.1, 0.15) is 22.8 Å². The van der Waals surface area contributed by atoms with Crippen molar-refractivity contribution >= 4 is 28.8 Å². The van der Waals surface area contributed by atoms with E-state index in [1.165, 1.54) is 5.56 Å². The Labute approximate surface area is 151 Å². The highest BCUT2D eigenvalue weighted by Crippen LogP contribution is 2.30. The van der Waals surface area contributed by atoms with E-state index >= 15 is 0 Å². The Morgan fingerprint density at radius 3 is 2.44 bits per heavy atom. The van der Waals surface area contributed by atoms with Crippen LogP contribution in [0.4, 0.5) is 11.5 Å². The predicted molar refractivity (Wildman–Crippen MR) is 103 cm³/mol. The van der Waals surface area contributed by atoms with Gasteiger partial charge in [0.2, 0.25) is 0 Å². The Hall–Kier alpha value is -2.66. The van der Waals surface area contributed by atoms with Crippen LogP contribution in [0.5, 0.6) is 0 Å². The molecule has 0 saturated carbocycles. The number of aryl methyl sites for hydroxylation is 1. The van der Waals surface area contributed by atoms with Crippen molar-refractivity contribution in [3.8, 4) is 10.6 Å². The van der Waals surface area contributed by atoms with Crippen LogP contribution in [-0.2, 0) is 4.74 Å². The van der Waals surface area contributed by atoms with Crippen LogP contribution in [0.3, 0.4) is 0 Å². The number of esters is 1. The van der Waals surface area contributed by atoms with Gasteiger partial charge in [-0.3, -0.25) is 0 Å². The number of benzene rings is 2. The first kappa shape index (κ1) is 17.2. The molecule has 0 aliphatic carbocycles. The maximum atomic E-state index is 11.7. The van der Waals surface area contributed by atoms with Crippen molar-refractivity contribution in [2.45, 2.75) is 13.8 Å². The molecule has 0 spiro atoms. The molecule has 0 radical (unpaired) electrons. The van der Waals surface area contributed by atoms with Gasteiger partial charge in [-0.05, 0) is 38.1 Å². The van der Waals surface area contributed by atoms with Crippen LogP contribution in [0.2, 0.25) is 0 Å². The molecule has 0 atom stereocenters. The quantitative estimate of drug-likeness (QED) is 0.602.